The molecule has 1 saturated heterocycles. The quantitative estimate of drug-likeness (QED) is 0.713. The molecule has 0 atom stereocenters. The smallest absolute Gasteiger partial charge is 0.328 e. The van der Waals surface area contributed by atoms with E-state index in [9.17, 15) is 19.2 Å². The summed E-state index contributed by atoms with van der Waals surface area (Å²) >= 11 is 0. The molecule has 1 aliphatic carbocycles. The fraction of sp³-hybridized carbons (Fsp3) is 0.500. The highest BCUT2D eigenvalue weighted by Gasteiger charge is 2.33. The van der Waals surface area contributed by atoms with Crippen LogP contribution in [0.4, 0.5) is 0 Å². The molecule has 2 amide bonds. The maximum absolute atomic E-state index is 11.9. The van der Waals surface area contributed by atoms with Gasteiger partial charge >= 0.3 is 5.97 Å². The molecule has 0 unspecified atom stereocenters. The molecule has 0 spiro atoms. The molecule has 2 aliphatic rings. The lowest BCUT2D eigenvalue weighted by atomic mass is 9.97. The predicted octanol–water partition coefficient (Wildman–Crippen LogP) is -0.271. The van der Waals surface area contributed by atoms with Crippen molar-refractivity contribution in [3.63, 3.8) is 0 Å². The SMILES string of the molecule is O=C(Cn1nc2c(cc1=O)CCCC2)ON1C(=O)CCC1=O. The van der Waals surface area contributed by atoms with Crippen molar-refractivity contribution in [2.24, 2.45) is 0 Å². The van der Waals surface area contributed by atoms with Crippen molar-refractivity contribution in [3.8, 4) is 0 Å². The average molecular weight is 305 g/mol. The van der Waals surface area contributed by atoms with Crippen LogP contribution in [0.5, 0.6) is 0 Å². The number of amides is 2. The first-order valence-corrected chi connectivity index (χ1v) is 7.21. The molecule has 0 radical (unpaired) electrons. The Morgan fingerprint density at radius 3 is 2.50 bits per heavy atom. The van der Waals surface area contributed by atoms with Crippen LogP contribution >= 0.6 is 0 Å². The van der Waals surface area contributed by atoms with Crippen LogP contribution < -0.4 is 5.56 Å². The van der Waals surface area contributed by atoms with Gasteiger partial charge in [0.1, 0.15) is 6.54 Å². The van der Waals surface area contributed by atoms with E-state index < -0.39 is 29.9 Å². The second kappa shape index (κ2) is 5.70. The second-order valence-electron chi connectivity index (χ2n) is 5.36. The molecule has 1 aromatic rings. The van der Waals surface area contributed by atoms with Gasteiger partial charge in [-0.05, 0) is 31.2 Å². The van der Waals surface area contributed by atoms with E-state index in [1.165, 1.54) is 6.07 Å². The molecular formula is C14H15N3O5. The van der Waals surface area contributed by atoms with Gasteiger partial charge in [0.05, 0.1) is 5.69 Å². The van der Waals surface area contributed by atoms with Crippen LogP contribution in [0.2, 0.25) is 0 Å². The Balaban J connectivity index is 1.73. The normalized spacial score (nSPS) is 17.5. The Morgan fingerprint density at radius 1 is 1.09 bits per heavy atom. The summed E-state index contributed by atoms with van der Waals surface area (Å²) in [7, 11) is 0. The summed E-state index contributed by atoms with van der Waals surface area (Å²) in [4.78, 5) is 51.2. The molecule has 0 aromatic carbocycles. The van der Waals surface area contributed by atoms with Gasteiger partial charge in [-0.3, -0.25) is 14.4 Å². The summed E-state index contributed by atoms with van der Waals surface area (Å²) in [6.45, 7) is -0.427. The Bertz CT molecular complexity index is 693. The summed E-state index contributed by atoms with van der Waals surface area (Å²) in [6, 6.07) is 1.49. The number of imide groups is 1. The molecule has 2 heterocycles. The van der Waals surface area contributed by atoms with Crippen LogP contribution in [-0.2, 0) is 38.6 Å². The lowest BCUT2D eigenvalue weighted by Gasteiger charge is -2.16. The lowest BCUT2D eigenvalue weighted by Crippen LogP contribution is -2.36. The minimum Gasteiger partial charge on any atom is -0.328 e. The highest BCUT2D eigenvalue weighted by atomic mass is 16.7. The molecule has 0 N–H and O–H groups in total. The van der Waals surface area contributed by atoms with E-state index in [0.717, 1.165) is 41.6 Å². The summed E-state index contributed by atoms with van der Waals surface area (Å²) in [6.07, 6.45) is 3.68. The summed E-state index contributed by atoms with van der Waals surface area (Å²) in [5, 5.41) is 4.64. The highest BCUT2D eigenvalue weighted by Crippen LogP contribution is 2.17. The highest BCUT2D eigenvalue weighted by molar-refractivity contribution is 6.01. The van der Waals surface area contributed by atoms with Crippen LogP contribution in [0.25, 0.3) is 0 Å². The van der Waals surface area contributed by atoms with Gasteiger partial charge in [0.15, 0.2) is 0 Å². The van der Waals surface area contributed by atoms with Gasteiger partial charge in [0.2, 0.25) is 0 Å². The molecule has 1 aromatic heterocycles. The Morgan fingerprint density at radius 2 is 1.77 bits per heavy atom. The fourth-order valence-corrected chi connectivity index (χ4v) is 2.63. The summed E-state index contributed by atoms with van der Waals surface area (Å²) in [5.41, 5.74) is 1.34. The number of carbonyl (C=O) groups is 3. The van der Waals surface area contributed by atoms with E-state index in [2.05, 4.69) is 5.10 Å². The van der Waals surface area contributed by atoms with E-state index in [-0.39, 0.29) is 12.8 Å². The third-order valence-electron chi connectivity index (χ3n) is 3.75. The fourth-order valence-electron chi connectivity index (χ4n) is 2.63. The van der Waals surface area contributed by atoms with Crippen molar-refractivity contribution in [2.75, 3.05) is 0 Å². The van der Waals surface area contributed by atoms with Crippen molar-refractivity contribution < 1.29 is 19.2 Å². The maximum atomic E-state index is 11.9. The molecule has 8 heteroatoms. The minimum absolute atomic E-state index is 0.0309. The summed E-state index contributed by atoms with van der Waals surface area (Å²) < 4.78 is 1.01. The van der Waals surface area contributed by atoms with Crippen LogP contribution in [0.1, 0.15) is 36.9 Å². The first-order chi connectivity index (χ1) is 10.5. The van der Waals surface area contributed by atoms with Crippen LogP contribution in [-0.4, -0.2) is 32.6 Å². The number of hydroxylamine groups is 2. The topological polar surface area (TPSA) is 98.6 Å². The van der Waals surface area contributed by atoms with Gasteiger partial charge in [-0.25, -0.2) is 9.48 Å². The number of hydrogen-bond donors (Lipinski definition) is 0. The average Bonchev–Trinajstić information content (AvgIpc) is 2.80. The number of rotatable bonds is 3. The molecule has 1 fully saturated rings. The molecular weight excluding hydrogens is 290 g/mol. The largest absolute Gasteiger partial charge is 0.354 e. The molecule has 116 valence electrons. The Labute approximate surface area is 125 Å². The Kier molecular flexibility index (Phi) is 3.74. The van der Waals surface area contributed by atoms with Gasteiger partial charge in [-0.2, -0.15) is 5.10 Å². The van der Waals surface area contributed by atoms with Crippen molar-refractivity contribution in [1.82, 2.24) is 14.8 Å². The van der Waals surface area contributed by atoms with Crippen molar-refractivity contribution in [1.29, 1.82) is 0 Å². The van der Waals surface area contributed by atoms with Crippen molar-refractivity contribution in [3.05, 3.63) is 27.7 Å². The molecule has 22 heavy (non-hydrogen) atoms. The minimum atomic E-state index is -0.867. The number of fused-ring (bicyclic) bond motifs is 1. The number of nitrogens with zero attached hydrogens (tertiary/aromatic N) is 3. The third-order valence-corrected chi connectivity index (χ3v) is 3.75. The van der Waals surface area contributed by atoms with Crippen LogP contribution in [0.3, 0.4) is 0 Å². The zero-order chi connectivity index (χ0) is 15.7. The van der Waals surface area contributed by atoms with E-state index in [4.69, 9.17) is 4.84 Å². The monoisotopic (exact) mass is 305 g/mol. The van der Waals surface area contributed by atoms with Gasteiger partial charge in [0, 0.05) is 18.9 Å². The number of carbonyl (C=O) groups excluding carboxylic acids is 3. The number of hydrogen-bond acceptors (Lipinski definition) is 6. The first kappa shape index (κ1) is 14.4. The zero-order valence-corrected chi connectivity index (χ0v) is 11.9. The standard InChI is InChI=1S/C14H15N3O5/c18-11-5-6-12(19)17(11)22-14(21)8-16-13(20)7-9-3-1-2-4-10(9)15-16/h7H,1-6,8H2. The lowest BCUT2D eigenvalue weighted by molar-refractivity contribution is -0.198. The molecule has 0 bridgehead atoms. The van der Waals surface area contributed by atoms with E-state index in [1.54, 1.807) is 0 Å². The first-order valence-electron chi connectivity index (χ1n) is 7.21. The molecule has 3 rings (SSSR count). The number of aryl methyl sites for hydroxylation is 2. The van der Waals surface area contributed by atoms with Crippen molar-refractivity contribution in [2.45, 2.75) is 45.1 Å². The second-order valence-corrected chi connectivity index (χ2v) is 5.36. The number of aromatic nitrogens is 2. The van der Waals surface area contributed by atoms with Gasteiger partial charge in [-0.1, -0.05) is 0 Å². The molecule has 8 nitrogen and oxygen atoms in total. The van der Waals surface area contributed by atoms with Gasteiger partial charge in [-0.15, -0.1) is 5.06 Å². The van der Waals surface area contributed by atoms with Gasteiger partial charge in [0.25, 0.3) is 17.4 Å². The van der Waals surface area contributed by atoms with E-state index in [1.807, 2.05) is 0 Å². The van der Waals surface area contributed by atoms with Gasteiger partial charge < -0.3 is 4.84 Å². The molecule has 1 aliphatic heterocycles. The van der Waals surface area contributed by atoms with E-state index in [0.29, 0.717) is 5.06 Å². The van der Waals surface area contributed by atoms with Crippen molar-refractivity contribution >= 4 is 17.8 Å². The maximum Gasteiger partial charge on any atom is 0.354 e. The molecule has 0 saturated carbocycles. The van der Waals surface area contributed by atoms with E-state index >= 15 is 0 Å². The zero-order valence-electron chi connectivity index (χ0n) is 11.9. The summed E-state index contributed by atoms with van der Waals surface area (Å²) in [5.74, 6) is -1.97. The van der Waals surface area contributed by atoms with Crippen LogP contribution in [0.15, 0.2) is 10.9 Å². The van der Waals surface area contributed by atoms with Crippen LogP contribution in [0, 0.1) is 0 Å². The predicted molar refractivity (Wildman–Crippen MR) is 72.3 cm³/mol. The third kappa shape index (κ3) is 2.76. The Hall–Kier alpha value is -2.51.